The number of carboxylic acid groups (broad SMARTS) is 2. The molecule has 0 bridgehead atoms. The normalized spacial score (nSPS) is 11.5. The Bertz CT molecular complexity index is 1650. The number of nitrogens with one attached hydrogen (secondary N) is 3. The molecule has 0 aliphatic carbocycles. The number of carboxylic acids is 2. The summed E-state index contributed by atoms with van der Waals surface area (Å²) in [5.74, 6) is -2.53. The zero-order chi connectivity index (χ0) is 38.2. The van der Waals surface area contributed by atoms with Gasteiger partial charge < -0.3 is 40.1 Å². The van der Waals surface area contributed by atoms with Crippen LogP contribution in [0, 0.1) is 0 Å². The highest BCUT2D eigenvalue weighted by Crippen LogP contribution is 2.37. The average Bonchev–Trinajstić information content (AvgIpc) is 2.98. The van der Waals surface area contributed by atoms with Crippen molar-refractivity contribution in [3.63, 3.8) is 0 Å². The van der Waals surface area contributed by atoms with Gasteiger partial charge in [0.2, 0.25) is 17.2 Å². The summed E-state index contributed by atoms with van der Waals surface area (Å²) in [6.45, 7) is 6.16. The minimum atomic E-state index is -4.56. The lowest BCUT2D eigenvalue weighted by Gasteiger charge is -2.13. The van der Waals surface area contributed by atoms with Gasteiger partial charge in [-0.05, 0) is 68.8 Å². The Labute approximate surface area is 297 Å². The van der Waals surface area contributed by atoms with E-state index in [0.717, 1.165) is 38.2 Å². The molecule has 16 nitrogen and oxygen atoms in total. The van der Waals surface area contributed by atoms with Crippen molar-refractivity contribution in [2.75, 3.05) is 36.6 Å². The maximum absolute atomic E-state index is 12.7. The molecule has 0 aliphatic heterocycles. The lowest BCUT2D eigenvalue weighted by molar-refractivity contribution is -0.146. The molecular formula is C27H31Cl3F3N6O10P. The lowest BCUT2D eigenvalue weighted by Crippen LogP contribution is -2.23. The zero-order valence-electron chi connectivity index (χ0n) is 26.2. The second-order valence-corrected chi connectivity index (χ2v) is 12.0. The summed E-state index contributed by atoms with van der Waals surface area (Å²) in [7, 11) is -4.10. The molecule has 0 saturated heterocycles. The van der Waals surface area contributed by atoms with Gasteiger partial charge in [-0.25, -0.2) is 9.59 Å². The predicted octanol–water partition coefficient (Wildman–Crippen LogP) is 5.62. The highest BCUT2D eigenvalue weighted by atomic mass is 35.5. The van der Waals surface area contributed by atoms with E-state index in [1.54, 1.807) is 0 Å². The smallest absolute Gasteiger partial charge is 0.416 e. The number of anilines is 2. The quantitative estimate of drug-likeness (QED) is 0.0820. The van der Waals surface area contributed by atoms with Crippen molar-refractivity contribution in [2.24, 2.45) is 0 Å². The summed E-state index contributed by atoms with van der Waals surface area (Å²) in [6, 6.07) is 6.33. The van der Waals surface area contributed by atoms with Gasteiger partial charge in [0.1, 0.15) is 11.5 Å². The first-order valence-corrected chi connectivity index (χ1v) is 16.7. The van der Waals surface area contributed by atoms with Crippen molar-refractivity contribution in [3.8, 4) is 11.5 Å². The number of carbonyl (C=O) groups excluding carboxylic acids is 1. The second-order valence-electron chi connectivity index (χ2n) is 9.23. The van der Waals surface area contributed by atoms with Crippen molar-refractivity contribution in [2.45, 2.75) is 33.1 Å². The van der Waals surface area contributed by atoms with E-state index >= 15 is 0 Å². The summed E-state index contributed by atoms with van der Waals surface area (Å²) in [4.78, 5) is 60.8. The van der Waals surface area contributed by atoms with Crippen LogP contribution in [-0.4, -0.2) is 84.9 Å². The molecule has 276 valence electrons. The molecule has 3 aromatic rings. The van der Waals surface area contributed by atoms with Crippen LogP contribution < -0.4 is 20.7 Å². The highest BCUT2D eigenvalue weighted by Gasteiger charge is 2.31. The summed E-state index contributed by atoms with van der Waals surface area (Å²) in [5, 5.41) is 24.6. The summed E-state index contributed by atoms with van der Waals surface area (Å²) < 4.78 is 58.2. The van der Waals surface area contributed by atoms with Crippen LogP contribution in [0.25, 0.3) is 0 Å². The van der Waals surface area contributed by atoms with E-state index in [9.17, 15) is 32.1 Å². The zero-order valence-corrected chi connectivity index (χ0v) is 29.3. The topological polar surface area (TPSA) is 242 Å². The Morgan fingerprint density at radius 2 is 1.50 bits per heavy atom. The third-order valence-corrected chi connectivity index (χ3v) is 6.58. The van der Waals surface area contributed by atoms with Crippen LogP contribution in [0.3, 0.4) is 0 Å². The van der Waals surface area contributed by atoms with Crippen molar-refractivity contribution in [3.05, 3.63) is 62.9 Å². The standard InChI is InChI=1S/C17H11Cl2F3O5.C7H12ClN5.C3H8NO5P/c1-8(15(23)24)26-16(25)11-7-10(3-4-12(11)18)27-14-5-2-9(6-13(14)19)17(20,21)22;1-3-9-6-11-5(8)12-7(13-6)10-4-2;5-3(6)1-4-2-10(7,8)9/h2-8H,1H3,(H,23,24);3-4H2,1-2H3,(H2,9,10,11,12,13);4H,1-2H2,(H,5,6)(H2,7,8,9)/t8-;;/m0../s1. The Kier molecular flexibility index (Phi) is 18.2. The van der Waals surface area contributed by atoms with Gasteiger partial charge in [0.15, 0.2) is 6.10 Å². The third-order valence-electron chi connectivity index (χ3n) is 5.15. The molecule has 2 aromatic carbocycles. The predicted molar refractivity (Wildman–Crippen MR) is 176 cm³/mol. The number of benzene rings is 2. The van der Waals surface area contributed by atoms with E-state index in [0.29, 0.717) is 18.0 Å². The van der Waals surface area contributed by atoms with E-state index in [1.807, 2.05) is 13.8 Å². The molecule has 1 heterocycles. The largest absolute Gasteiger partial charge is 0.480 e. The fraction of sp³-hybridized carbons (Fsp3) is 0.333. The molecule has 7 N–H and O–H groups in total. The number of rotatable bonds is 13. The van der Waals surface area contributed by atoms with Crippen LogP contribution in [0.1, 0.15) is 36.7 Å². The van der Waals surface area contributed by atoms with Crippen molar-refractivity contribution >= 4 is 72.2 Å². The maximum atomic E-state index is 12.7. The maximum Gasteiger partial charge on any atom is 0.416 e. The number of nitrogens with zero attached hydrogens (tertiary/aromatic N) is 3. The number of aromatic nitrogens is 3. The fourth-order valence-corrected chi connectivity index (χ4v) is 4.00. The number of ether oxygens (including phenoxy) is 2. The van der Waals surface area contributed by atoms with Crippen molar-refractivity contribution < 1.29 is 61.6 Å². The van der Waals surface area contributed by atoms with E-state index in [-0.39, 0.29) is 32.4 Å². The number of aliphatic carboxylic acids is 2. The Balaban J connectivity index is 0.000000448. The molecule has 0 amide bonds. The van der Waals surface area contributed by atoms with Gasteiger partial charge in [0.25, 0.3) is 0 Å². The first-order valence-electron chi connectivity index (χ1n) is 13.8. The van der Waals surface area contributed by atoms with Gasteiger partial charge in [-0.1, -0.05) is 23.2 Å². The summed E-state index contributed by atoms with van der Waals surface area (Å²) in [5.41, 5.74) is -1.12. The molecule has 0 spiro atoms. The number of alkyl halides is 3. The number of esters is 1. The number of carbonyl (C=O) groups is 3. The first kappa shape index (κ1) is 44.1. The van der Waals surface area contributed by atoms with E-state index < -0.39 is 56.2 Å². The number of halogens is 6. The molecule has 0 unspecified atom stereocenters. The lowest BCUT2D eigenvalue weighted by atomic mass is 10.2. The van der Waals surface area contributed by atoms with Crippen LogP contribution in [0.5, 0.6) is 11.5 Å². The van der Waals surface area contributed by atoms with Gasteiger partial charge in [0.05, 0.1) is 34.0 Å². The Morgan fingerprint density at radius 1 is 0.920 bits per heavy atom. The van der Waals surface area contributed by atoms with Crippen LogP contribution in [-0.2, 0) is 25.1 Å². The SMILES string of the molecule is CCNc1nc(Cl)nc(NCC)n1.C[C@H](OC(=O)c1cc(Oc2ccc(C(F)(F)F)cc2Cl)ccc1Cl)C(=O)O.O=C(O)CNCP(=O)(O)O. The number of hydrogen-bond acceptors (Lipinski definition) is 12. The van der Waals surface area contributed by atoms with Crippen molar-refractivity contribution in [1.29, 1.82) is 0 Å². The van der Waals surface area contributed by atoms with Crippen LogP contribution in [0.2, 0.25) is 15.3 Å². The minimum absolute atomic E-state index is 0.0246. The molecule has 0 radical (unpaired) electrons. The fourth-order valence-electron chi connectivity index (χ4n) is 3.02. The minimum Gasteiger partial charge on any atom is -0.480 e. The molecular weight excluding hydrogens is 763 g/mol. The van der Waals surface area contributed by atoms with Gasteiger partial charge in [-0.15, -0.1) is 0 Å². The van der Waals surface area contributed by atoms with Crippen LogP contribution in [0.15, 0.2) is 36.4 Å². The second kappa shape index (κ2) is 20.6. The van der Waals surface area contributed by atoms with Gasteiger partial charge in [-0.2, -0.15) is 28.1 Å². The third kappa shape index (κ3) is 17.1. The van der Waals surface area contributed by atoms with Gasteiger partial charge in [-0.3, -0.25) is 14.7 Å². The van der Waals surface area contributed by atoms with Gasteiger partial charge >= 0.3 is 31.7 Å². The monoisotopic (exact) mass is 792 g/mol. The molecule has 0 fully saturated rings. The molecule has 1 aromatic heterocycles. The van der Waals surface area contributed by atoms with Gasteiger partial charge in [0, 0.05) is 13.1 Å². The Morgan fingerprint density at radius 3 is 1.96 bits per heavy atom. The molecule has 1 atom stereocenters. The van der Waals surface area contributed by atoms with Crippen molar-refractivity contribution in [1.82, 2.24) is 20.3 Å². The molecule has 0 aliphatic rings. The molecule has 0 saturated carbocycles. The molecule has 50 heavy (non-hydrogen) atoms. The van der Waals surface area contributed by atoms with Crippen LogP contribution in [0.4, 0.5) is 25.1 Å². The number of hydrogen-bond donors (Lipinski definition) is 7. The molecule has 23 heteroatoms. The van der Waals surface area contributed by atoms with E-state index in [4.69, 9.17) is 64.3 Å². The van der Waals surface area contributed by atoms with E-state index in [1.165, 1.54) is 12.1 Å². The average molecular weight is 794 g/mol. The highest BCUT2D eigenvalue weighted by molar-refractivity contribution is 7.51. The summed E-state index contributed by atoms with van der Waals surface area (Å²) in [6.07, 6.45) is -6.55. The van der Waals surface area contributed by atoms with E-state index in [2.05, 4.69) is 30.9 Å². The van der Waals surface area contributed by atoms with Crippen LogP contribution >= 0.6 is 42.4 Å². The Hall–Kier alpha value is -3.97. The first-order chi connectivity index (χ1) is 23.2. The molecule has 3 rings (SSSR count). The summed E-state index contributed by atoms with van der Waals surface area (Å²) >= 11 is 17.4.